The maximum Gasteiger partial charge on any atom is 0.311 e. The summed E-state index contributed by atoms with van der Waals surface area (Å²) in [6, 6.07) is 16.7. The van der Waals surface area contributed by atoms with Crippen molar-refractivity contribution in [1.82, 2.24) is 0 Å². The summed E-state index contributed by atoms with van der Waals surface area (Å²) in [4.78, 5) is 0. The van der Waals surface area contributed by atoms with Crippen molar-refractivity contribution in [3.63, 3.8) is 0 Å². The molecule has 3 aromatic carbocycles. The number of halogens is 1. The Morgan fingerprint density at radius 3 is 2.19 bits per heavy atom. The van der Waals surface area contributed by atoms with Crippen LogP contribution in [0.4, 0.5) is 0 Å². The molecule has 0 aliphatic rings. The fourth-order valence-corrected chi connectivity index (χ4v) is 4.83. The Labute approximate surface area is 169 Å². The smallest absolute Gasteiger partial charge is 0.311 e. The lowest BCUT2D eigenvalue weighted by atomic mass is 9.79. The zero-order chi connectivity index (χ0) is 19.4. The summed E-state index contributed by atoms with van der Waals surface area (Å²) in [5.74, 6) is 0. The van der Waals surface area contributed by atoms with Crippen molar-refractivity contribution in [3.8, 4) is 0 Å². The van der Waals surface area contributed by atoms with Gasteiger partial charge in [-0.3, -0.25) is 0 Å². The molecule has 1 N–H and O–H groups in total. The lowest BCUT2D eigenvalue weighted by Crippen LogP contribution is -2.49. The maximum absolute atomic E-state index is 10.5. The predicted octanol–water partition coefficient (Wildman–Crippen LogP) is 5.40. The van der Waals surface area contributed by atoms with E-state index in [1.165, 1.54) is 20.2 Å². The molecule has 1 heterocycles. The first-order valence-electron chi connectivity index (χ1n) is 9.07. The number of hydrogen-bond acceptors (Lipinski definition) is 3. The van der Waals surface area contributed by atoms with Crippen LogP contribution < -0.4 is 5.46 Å². The topological polar surface area (TPSA) is 29.5 Å². The van der Waals surface area contributed by atoms with E-state index in [1.54, 1.807) is 25.2 Å². The van der Waals surface area contributed by atoms with Crippen molar-refractivity contribution in [2.24, 2.45) is 0 Å². The lowest BCUT2D eigenvalue weighted by Gasteiger charge is -2.37. The molecule has 27 heavy (non-hydrogen) atoms. The van der Waals surface area contributed by atoms with E-state index in [0.29, 0.717) is 7.48 Å². The zero-order valence-electron chi connectivity index (χ0n) is 16.0. The quantitative estimate of drug-likeness (QED) is 0.468. The van der Waals surface area contributed by atoms with Crippen molar-refractivity contribution >= 4 is 66.8 Å². The molecule has 1 aromatic heterocycles. The van der Waals surface area contributed by atoms with Gasteiger partial charge in [-0.25, -0.2) is 0 Å². The Bertz CT molecular complexity index is 1160. The van der Waals surface area contributed by atoms with Crippen LogP contribution in [0.3, 0.4) is 0 Å². The molecule has 0 bridgehead atoms. The summed E-state index contributed by atoms with van der Waals surface area (Å²) in [5.41, 5.74) is -0.688. The van der Waals surface area contributed by atoms with E-state index in [2.05, 4.69) is 42.5 Å². The van der Waals surface area contributed by atoms with Gasteiger partial charge in [0.05, 0.1) is 11.2 Å². The number of thiophene rings is 1. The van der Waals surface area contributed by atoms with Gasteiger partial charge in [0.1, 0.15) is 0 Å². The second kappa shape index (κ2) is 6.49. The molecule has 4 rings (SSSR count). The van der Waals surface area contributed by atoms with Crippen LogP contribution in [-0.4, -0.2) is 23.8 Å². The lowest BCUT2D eigenvalue weighted by molar-refractivity contribution is -0.0892. The molecule has 4 aromatic rings. The molecule has 0 spiro atoms. The molecule has 0 amide bonds. The van der Waals surface area contributed by atoms with Crippen LogP contribution in [0.1, 0.15) is 27.7 Å². The van der Waals surface area contributed by atoms with Gasteiger partial charge in [0.2, 0.25) is 0 Å². The average Bonchev–Trinajstić information content (AvgIpc) is 3.00. The van der Waals surface area contributed by atoms with Crippen molar-refractivity contribution in [2.45, 2.75) is 38.9 Å². The zero-order valence-corrected chi connectivity index (χ0v) is 17.5. The summed E-state index contributed by atoms with van der Waals surface area (Å²) in [6.07, 6.45) is 0. The van der Waals surface area contributed by atoms with Crippen molar-refractivity contribution in [2.75, 3.05) is 0 Å². The van der Waals surface area contributed by atoms with Gasteiger partial charge < -0.3 is 9.76 Å². The van der Waals surface area contributed by atoms with Crippen LogP contribution in [-0.2, 0) is 4.65 Å². The van der Waals surface area contributed by atoms with Crippen LogP contribution in [0.2, 0.25) is 5.02 Å². The summed E-state index contributed by atoms with van der Waals surface area (Å²) in [7, 11) is 0.345. The Morgan fingerprint density at radius 1 is 0.926 bits per heavy atom. The van der Waals surface area contributed by atoms with Crippen molar-refractivity contribution in [1.29, 1.82) is 0 Å². The van der Waals surface area contributed by atoms with Crippen LogP contribution in [0, 0.1) is 0 Å². The maximum atomic E-state index is 10.5. The van der Waals surface area contributed by atoms with Gasteiger partial charge in [-0.05, 0) is 50.0 Å². The highest BCUT2D eigenvalue weighted by molar-refractivity contribution is 7.27. The molecule has 2 nitrogen and oxygen atoms in total. The molecule has 0 radical (unpaired) electrons. The minimum atomic E-state index is -0.966. The molecule has 0 atom stereocenters. The molecule has 5 heteroatoms. The molecule has 0 fully saturated rings. The standard InChI is InChI=1S/C22H22BClO2S/c1-21(2,25)22(3,4)26-23-18-17-15-11-7-8-12-16(15)27-20(17)14-10-6-5-9-13(14)19(18)24/h5-12,23,25H,1-4H3. The first kappa shape index (κ1) is 18.8. The van der Waals surface area contributed by atoms with E-state index in [-0.39, 0.29) is 0 Å². The average molecular weight is 397 g/mol. The molecular formula is C22H22BClO2S. The van der Waals surface area contributed by atoms with Crippen LogP contribution in [0.25, 0.3) is 30.9 Å². The minimum Gasteiger partial charge on any atom is -0.427 e. The first-order valence-corrected chi connectivity index (χ1v) is 10.3. The van der Waals surface area contributed by atoms with Crippen LogP contribution in [0.15, 0.2) is 48.5 Å². The highest BCUT2D eigenvalue weighted by Gasteiger charge is 2.36. The fourth-order valence-electron chi connectivity index (χ4n) is 3.24. The normalized spacial score (nSPS) is 13.0. The third kappa shape index (κ3) is 3.05. The van der Waals surface area contributed by atoms with E-state index in [0.717, 1.165) is 21.3 Å². The minimum absolute atomic E-state index is 0.345. The van der Waals surface area contributed by atoms with Gasteiger partial charge in [-0.1, -0.05) is 54.1 Å². The van der Waals surface area contributed by atoms with Gasteiger partial charge >= 0.3 is 7.48 Å². The molecule has 0 saturated heterocycles. The molecule has 0 aliphatic carbocycles. The number of hydrogen-bond donors (Lipinski definition) is 1. The van der Waals surface area contributed by atoms with E-state index < -0.39 is 11.2 Å². The third-order valence-corrected chi connectivity index (χ3v) is 7.26. The Kier molecular flexibility index (Phi) is 4.51. The van der Waals surface area contributed by atoms with E-state index in [4.69, 9.17) is 16.3 Å². The van der Waals surface area contributed by atoms with Gasteiger partial charge in [0.15, 0.2) is 0 Å². The Balaban J connectivity index is 1.99. The van der Waals surface area contributed by atoms with Crippen molar-refractivity contribution in [3.05, 3.63) is 53.6 Å². The summed E-state index contributed by atoms with van der Waals surface area (Å²) in [5, 5.41) is 15.8. The monoisotopic (exact) mass is 396 g/mol. The number of aliphatic hydroxyl groups is 1. The summed E-state index contributed by atoms with van der Waals surface area (Å²) >= 11 is 8.67. The van der Waals surface area contributed by atoms with Crippen LogP contribution >= 0.6 is 22.9 Å². The molecule has 0 saturated carbocycles. The SMILES string of the molecule is CC(C)(O)C(C)(C)OBc1c(Cl)c2ccccc2c2sc3ccccc3c12. The number of rotatable bonds is 4. The van der Waals surface area contributed by atoms with Gasteiger partial charge in [0.25, 0.3) is 0 Å². The first-order chi connectivity index (χ1) is 12.7. The van der Waals surface area contributed by atoms with E-state index in [1.807, 2.05) is 19.9 Å². The highest BCUT2D eigenvalue weighted by Crippen LogP contribution is 2.40. The number of fused-ring (bicyclic) bond motifs is 5. The van der Waals surface area contributed by atoms with Crippen LogP contribution in [0.5, 0.6) is 0 Å². The molecule has 138 valence electrons. The van der Waals surface area contributed by atoms with Gasteiger partial charge in [-0.2, -0.15) is 0 Å². The second-order valence-corrected chi connectivity index (χ2v) is 9.43. The van der Waals surface area contributed by atoms with E-state index >= 15 is 0 Å². The fraction of sp³-hybridized carbons (Fsp3) is 0.273. The molecule has 0 aliphatic heterocycles. The second-order valence-electron chi connectivity index (χ2n) is 8.00. The highest BCUT2D eigenvalue weighted by atomic mass is 35.5. The Hall–Kier alpha value is -1.59. The third-order valence-electron chi connectivity index (χ3n) is 5.62. The Morgan fingerprint density at radius 2 is 1.52 bits per heavy atom. The largest absolute Gasteiger partial charge is 0.427 e. The van der Waals surface area contributed by atoms with Crippen molar-refractivity contribution < 1.29 is 9.76 Å². The van der Waals surface area contributed by atoms with Gasteiger partial charge in [-0.15, -0.1) is 11.3 Å². The van der Waals surface area contributed by atoms with Gasteiger partial charge in [0, 0.05) is 25.2 Å². The number of benzene rings is 3. The summed E-state index contributed by atoms with van der Waals surface area (Å²) in [6.45, 7) is 7.35. The predicted molar refractivity (Wildman–Crippen MR) is 120 cm³/mol. The van der Waals surface area contributed by atoms with E-state index in [9.17, 15) is 5.11 Å². The molecular weight excluding hydrogens is 375 g/mol. The summed E-state index contributed by atoms with van der Waals surface area (Å²) < 4.78 is 8.68. The molecule has 0 unspecified atom stereocenters.